The first kappa shape index (κ1) is 14.8. The van der Waals surface area contributed by atoms with Gasteiger partial charge in [0.1, 0.15) is 0 Å². The highest BCUT2D eigenvalue weighted by atomic mass is 16.5. The van der Waals surface area contributed by atoms with Crippen molar-refractivity contribution in [1.82, 2.24) is 9.80 Å². The smallest absolute Gasteiger partial charge is 0.222 e. The number of hydrogen-bond donors (Lipinski definition) is 1. The van der Waals surface area contributed by atoms with Crippen molar-refractivity contribution < 1.29 is 9.53 Å². The summed E-state index contributed by atoms with van der Waals surface area (Å²) in [6, 6.07) is 0. The summed E-state index contributed by atoms with van der Waals surface area (Å²) in [5.41, 5.74) is 5.47. The molecule has 2 saturated heterocycles. The van der Waals surface area contributed by atoms with Gasteiger partial charge in [-0.2, -0.15) is 0 Å². The van der Waals surface area contributed by atoms with E-state index in [1.165, 1.54) is 6.42 Å². The first-order valence-corrected chi connectivity index (χ1v) is 7.57. The van der Waals surface area contributed by atoms with Gasteiger partial charge in [-0.15, -0.1) is 0 Å². The van der Waals surface area contributed by atoms with Crippen LogP contribution in [0.5, 0.6) is 0 Å². The molecule has 2 aliphatic heterocycles. The molecule has 0 radical (unpaired) electrons. The van der Waals surface area contributed by atoms with Crippen molar-refractivity contribution >= 4 is 5.91 Å². The number of likely N-dealkylation sites (tertiary alicyclic amines) is 1. The molecule has 1 amide bonds. The molecule has 0 aromatic carbocycles. The molecular formula is C14H27N3O2. The van der Waals surface area contributed by atoms with Crippen molar-refractivity contribution in [2.75, 3.05) is 52.5 Å². The average molecular weight is 269 g/mol. The van der Waals surface area contributed by atoms with E-state index in [-0.39, 0.29) is 5.91 Å². The number of morpholine rings is 1. The van der Waals surface area contributed by atoms with Crippen LogP contribution in [0.3, 0.4) is 0 Å². The Balaban J connectivity index is 1.74. The maximum atomic E-state index is 12.0. The molecule has 5 heteroatoms. The fourth-order valence-corrected chi connectivity index (χ4v) is 3.00. The predicted molar refractivity (Wildman–Crippen MR) is 74.9 cm³/mol. The highest BCUT2D eigenvalue weighted by Gasteiger charge is 2.25. The number of carbonyl (C=O) groups is 1. The Kier molecular flexibility index (Phi) is 6.07. The van der Waals surface area contributed by atoms with E-state index in [0.29, 0.717) is 18.9 Å². The molecular weight excluding hydrogens is 242 g/mol. The fraction of sp³-hybridized carbons (Fsp3) is 0.929. The largest absolute Gasteiger partial charge is 0.379 e. The molecule has 0 aromatic rings. The van der Waals surface area contributed by atoms with E-state index in [2.05, 4.69) is 4.90 Å². The van der Waals surface area contributed by atoms with Gasteiger partial charge in [-0.05, 0) is 31.7 Å². The number of rotatable bonds is 5. The van der Waals surface area contributed by atoms with Crippen LogP contribution in [0.4, 0.5) is 0 Å². The van der Waals surface area contributed by atoms with Crippen LogP contribution in [0, 0.1) is 5.92 Å². The summed E-state index contributed by atoms with van der Waals surface area (Å²) in [5.74, 6) is 0.922. The lowest BCUT2D eigenvalue weighted by Crippen LogP contribution is -2.46. The number of carbonyl (C=O) groups excluding carboxylic acids is 1. The Labute approximate surface area is 116 Å². The molecule has 5 nitrogen and oxygen atoms in total. The average Bonchev–Trinajstić information content (AvgIpc) is 2.46. The third kappa shape index (κ3) is 4.75. The standard InChI is InChI=1S/C14H27N3O2/c15-5-1-4-14(18)17-6-2-3-13(12-17)11-16-7-9-19-10-8-16/h13H,1-12,15H2. The van der Waals surface area contributed by atoms with Crippen LogP contribution in [-0.2, 0) is 9.53 Å². The van der Waals surface area contributed by atoms with Crippen LogP contribution in [0.25, 0.3) is 0 Å². The molecule has 2 rings (SSSR count). The molecule has 0 saturated carbocycles. The lowest BCUT2D eigenvalue weighted by atomic mass is 9.97. The summed E-state index contributed by atoms with van der Waals surface area (Å²) < 4.78 is 5.37. The summed E-state index contributed by atoms with van der Waals surface area (Å²) in [7, 11) is 0. The lowest BCUT2D eigenvalue weighted by Gasteiger charge is -2.36. The second kappa shape index (κ2) is 7.82. The van der Waals surface area contributed by atoms with E-state index in [9.17, 15) is 4.79 Å². The van der Waals surface area contributed by atoms with Gasteiger partial charge in [-0.25, -0.2) is 0 Å². The summed E-state index contributed by atoms with van der Waals surface area (Å²) in [4.78, 5) is 16.6. The molecule has 110 valence electrons. The lowest BCUT2D eigenvalue weighted by molar-refractivity contribution is -0.133. The SMILES string of the molecule is NCCCC(=O)N1CCCC(CN2CCOCC2)C1. The van der Waals surface area contributed by atoms with Crippen molar-refractivity contribution in [3.63, 3.8) is 0 Å². The van der Waals surface area contributed by atoms with Crippen LogP contribution < -0.4 is 5.73 Å². The summed E-state index contributed by atoms with van der Waals surface area (Å²) in [6.45, 7) is 7.37. The van der Waals surface area contributed by atoms with E-state index >= 15 is 0 Å². The second-order valence-electron chi connectivity index (χ2n) is 5.65. The number of ether oxygens (including phenoxy) is 1. The number of nitrogens with zero attached hydrogens (tertiary/aromatic N) is 2. The van der Waals surface area contributed by atoms with Crippen LogP contribution >= 0.6 is 0 Å². The third-order valence-electron chi connectivity index (χ3n) is 4.09. The van der Waals surface area contributed by atoms with Gasteiger partial charge in [0.25, 0.3) is 0 Å². The molecule has 2 aliphatic rings. The molecule has 0 aliphatic carbocycles. The Hall–Kier alpha value is -0.650. The van der Waals surface area contributed by atoms with Crippen LogP contribution in [0.15, 0.2) is 0 Å². The Morgan fingerprint density at radius 3 is 2.79 bits per heavy atom. The minimum Gasteiger partial charge on any atom is -0.379 e. The maximum absolute atomic E-state index is 12.0. The van der Waals surface area contributed by atoms with Crippen molar-refractivity contribution in [2.24, 2.45) is 11.7 Å². The van der Waals surface area contributed by atoms with E-state index in [1.807, 2.05) is 4.90 Å². The van der Waals surface area contributed by atoms with E-state index in [1.54, 1.807) is 0 Å². The molecule has 19 heavy (non-hydrogen) atoms. The van der Waals surface area contributed by atoms with E-state index in [0.717, 1.165) is 58.8 Å². The summed E-state index contributed by atoms with van der Waals surface area (Å²) in [5, 5.41) is 0. The third-order valence-corrected chi connectivity index (χ3v) is 4.09. The van der Waals surface area contributed by atoms with Crippen LogP contribution in [0.2, 0.25) is 0 Å². The zero-order valence-corrected chi connectivity index (χ0v) is 11.9. The number of piperidine rings is 1. The first-order valence-electron chi connectivity index (χ1n) is 7.57. The molecule has 2 heterocycles. The van der Waals surface area contributed by atoms with Crippen molar-refractivity contribution in [1.29, 1.82) is 0 Å². The van der Waals surface area contributed by atoms with E-state index < -0.39 is 0 Å². The molecule has 2 fully saturated rings. The van der Waals surface area contributed by atoms with Gasteiger partial charge < -0.3 is 15.4 Å². The number of nitrogens with two attached hydrogens (primary N) is 1. The minimum atomic E-state index is 0.289. The number of hydrogen-bond acceptors (Lipinski definition) is 4. The van der Waals surface area contributed by atoms with E-state index in [4.69, 9.17) is 10.5 Å². The Morgan fingerprint density at radius 2 is 2.05 bits per heavy atom. The monoisotopic (exact) mass is 269 g/mol. The zero-order valence-electron chi connectivity index (χ0n) is 11.9. The minimum absolute atomic E-state index is 0.289. The molecule has 0 bridgehead atoms. The normalized spacial score (nSPS) is 25.5. The highest BCUT2D eigenvalue weighted by Crippen LogP contribution is 2.19. The van der Waals surface area contributed by atoms with Gasteiger partial charge in [0.15, 0.2) is 0 Å². The maximum Gasteiger partial charge on any atom is 0.222 e. The first-order chi connectivity index (χ1) is 9.29. The fourth-order valence-electron chi connectivity index (χ4n) is 3.00. The molecule has 2 N–H and O–H groups in total. The Bertz CT molecular complexity index is 280. The van der Waals surface area contributed by atoms with Gasteiger partial charge >= 0.3 is 0 Å². The summed E-state index contributed by atoms with van der Waals surface area (Å²) in [6.07, 6.45) is 3.81. The number of amides is 1. The van der Waals surface area contributed by atoms with Gasteiger partial charge in [0.05, 0.1) is 13.2 Å². The zero-order chi connectivity index (χ0) is 13.5. The van der Waals surface area contributed by atoms with Gasteiger partial charge in [-0.3, -0.25) is 9.69 Å². The Morgan fingerprint density at radius 1 is 1.26 bits per heavy atom. The predicted octanol–water partition coefficient (Wildman–Crippen LogP) is 0.296. The van der Waals surface area contributed by atoms with Gasteiger partial charge in [0, 0.05) is 39.1 Å². The van der Waals surface area contributed by atoms with Gasteiger partial charge in [-0.1, -0.05) is 0 Å². The summed E-state index contributed by atoms with van der Waals surface area (Å²) >= 11 is 0. The molecule has 0 aromatic heterocycles. The molecule has 1 atom stereocenters. The van der Waals surface area contributed by atoms with Crippen molar-refractivity contribution in [2.45, 2.75) is 25.7 Å². The second-order valence-corrected chi connectivity index (χ2v) is 5.65. The highest BCUT2D eigenvalue weighted by molar-refractivity contribution is 5.76. The quantitative estimate of drug-likeness (QED) is 0.780. The van der Waals surface area contributed by atoms with Crippen molar-refractivity contribution in [3.05, 3.63) is 0 Å². The molecule has 1 unspecified atom stereocenters. The van der Waals surface area contributed by atoms with Gasteiger partial charge in [0.2, 0.25) is 5.91 Å². The van der Waals surface area contributed by atoms with Crippen molar-refractivity contribution in [3.8, 4) is 0 Å². The van der Waals surface area contributed by atoms with Crippen LogP contribution in [0.1, 0.15) is 25.7 Å². The van der Waals surface area contributed by atoms with Crippen LogP contribution in [-0.4, -0.2) is 68.2 Å². The topological polar surface area (TPSA) is 58.8 Å². The molecule has 0 spiro atoms.